The monoisotopic (exact) mass is 250 g/mol. The number of ether oxygens (including phenoxy) is 1. The summed E-state index contributed by atoms with van der Waals surface area (Å²) in [6.45, 7) is 6.57. The molecule has 1 unspecified atom stereocenters. The Kier molecular flexibility index (Phi) is 5.65. The fourth-order valence-corrected chi connectivity index (χ4v) is 1.66. The predicted octanol–water partition coefficient (Wildman–Crippen LogP) is 2.79. The van der Waals surface area contributed by atoms with Gasteiger partial charge in [-0.3, -0.25) is 4.79 Å². The lowest BCUT2D eigenvalue weighted by Gasteiger charge is -2.17. The van der Waals surface area contributed by atoms with Gasteiger partial charge in [0.1, 0.15) is 0 Å². The van der Waals surface area contributed by atoms with E-state index in [1.807, 2.05) is 32.0 Å². The van der Waals surface area contributed by atoms with Gasteiger partial charge in [-0.2, -0.15) is 0 Å². The first-order chi connectivity index (χ1) is 8.56. The molecule has 0 bridgehead atoms. The van der Waals surface area contributed by atoms with Crippen LogP contribution in [0.1, 0.15) is 25.8 Å². The van der Waals surface area contributed by atoms with Gasteiger partial charge in [-0.25, -0.2) is 0 Å². The molecule has 1 atom stereocenters. The van der Waals surface area contributed by atoms with Crippen molar-refractivity contribution in [2.75, 3.05) is 24.4 Å². The summed E-state index contributed by atoms with van der Waals surface area (Å²) in [7, 11) is 1.68. The van der Waals surface area contributed by atoms with Gasteiger partial charge in [0.15, 0.2) is 0 Å². The van der Waals surface area contributed by atoms with E-state index in [0.717, 1.165) is 16.9 Å². The lowest BCUT2D eigenvalue weighted by atomic mass is 10.1. The number of aryl methyl sites for hydroxylation is 1. The van der Waals surface area contributed by atoms with E-state index in [9.17, 15) is 4.79 Å². The maximum atomic E-state index is 11.4. The number of carbonyl (C=O) groups excluding carboxylic acids is 1. The predicted molar refractivity (Wildman–Crippen MR) is 75.1 cm³/mol. The van der Waals surface area contributed by atoms with Gasteiger partial charge >= 0.3 is 0 Å². The van der Waals surface area contributed by atoms with Crippen LogP contribution in [-0.2, 0) is 9.53 Å². The molecule has 0 aliphatic rings. The van der Waals surface area contributed by atoms with Crippen molar-refractivity contribution in [2.45, 2.75) is 33.2 Å². The van der Waals surface area contributed by atoms with Gasteiger partial charge in [0.2, 0.25) is 5.91 Å². The molecule has 18 heavy (non-hydrogen) atoms. The summed E-state index contributed by atoms with van der Waals surface area (Å²) in [6, 6.07) is 6.09. The zero-order valence-corrected chi connectivity index (χ0v) is 11.5. The maximum absolute atomic E-state index is 11.4. The van der Waals surface area contributed by atoms with Crippen molar-refractivity contribution in [1.82, 2.24) is 0 Å². The summed E-state index contributed by atoms with van der Waals surface area (Å²) in [4.78, 5) is 11.4. The van der Waals surface area contributed by atoms with Gasteiger partial charge in [0, 0.05) is 30.9 Å². The smallest absolute Gasteiger partial charge is 0.224 e. The van der Waals surface area contributed by atoms with Crippen LogP contribution in [0.15, 0.2) is 18.2 Å². The molecule has 4 heteroatoms. The molecule has 0 heterocycles. The van der Waals surface area contributed by atoms with E-state index in [1.54, 1.807) is 7.11 Å². The number of hydrogen-bond donors (Lipinski definition) is 2. The van der Waals surface area contributed by atoms with E-state index >= 15 is 0 Å². The summed E-state index contributed by atoms with van der Waals surface area (Å²) < 4.78 is 5.10. The molecular weight excluding hydrogens is 228 g/mol. The second-order valence-electron chi connectivity index (χ2n) is 4.43. The molecule has 0 spiro atoms. The van der Waals surface area contributed by atoms with Gasteiger partial charge in [0.05, 0.1) is 6.61 Å². The zero-order valence-electron chi connectivity index (χ0n) is 11.5. The molecule has 4 nitrogen and oxygen atoms in total. The second-order valence-corrected chi connectivity index (χ2v) is 4.43. The molecule has 1 aromatic carbocycles. The maximum Gasteiger partial charge on any atom is 0.224 e. The van der Waals surface area contributed by atoms with Crippen molar-refractivity contribution in [2.24, 2.45) is 0 Å². The summed E-state index contributed by atoms with van der Waals surface area (Å²) >= 11 is 0. The van der Waals surface area contributed by atoms with Crippen LogP contribution in [0.25, 0.3) is 0 Å². The van der Waals surface area contributed by atoms with Crippen molar-refractivity contribution in [1.29, 1.82) is 0 Å². The third-order valence-electron chi connectivity index (χ3n) is 2.66. The first-order valence-electron chi connectivity index (χ1n) is 6.22. The fraction of sp³-hybridized carbons (Fsp3) is 0.500. The first kappa shape index (κ1) is 14.5. The largest absolute Gasteiger partial charge is 0.383 e. The van der Waals surface area contributed by atoms with Crippen molar-refractivity contribution in [3.8, 4) is 0 Å². The Morgan fingerprint density at radius 1 is 1.44 bits per heavy atom. The number of methoxy groups -OCH3 is 1. The molecule has 0 aliphatic heterocycles. The van der Waals surface area contributed by atoms with Crippen molar-refractivity contribution < 1.29 is 9.53 Å². The van der Waals surface area contributed by atoms with Crippen LogP contribution in [-0.4, -0.2) is 25.7 Å². The topological polar surface area (TPSA) is 50.4 Å². The average molecular weight is 250 g/mol. The molecule has 1 amide bonds. The van der Waals surface area contributed by atoms with Crippen LogP contribution in [0.5, 0.6) is 0 Å². The van der Waals surface area contributed by atoms with E-state index < -0.39 is 0 Å². The first-order valence-corrected chi connectivity index (χ1v) is 6.22. The third-order valence-corrected chi connectivity index (χ3v) is 2.66. The summed E-state index contributed by atoms with van der Waals surface area (Å²) in [5.74, 6) is 0.0229. The highest BCUT2D eigenvalue weighted by Gasteiger charge is 2.06. The Hall–Kier alpha value is -1.55. The summed E-state index contributed by atoms with van der Waals surface area (Å²) in [6.07, 6.45) is 0.483. The van der Waals surface area contributed by atoms with Gasteiger partial charge < -0.3 is 15.4 Å². The lowest BCUT2D eigenvalue weighted by Crippen LogP contribution is -2.21. The number of benzene rings is 1. The quantitative estimate of drug-likeness (QED) is 0.816. The van der Waals surface area contributed by atoms with Gasteiger partial charge in [0.25, 0.3) is 0 Å². The molecule has 0 fully saturated rings. The number of anilines is 2. The summed E-state index contributed by atoms with van der Waals surface area (Å²) in [5.41, 5.74) is 2.99. The van der Waals surface area contributed by atoms with E-state index in [-0.39, 0.29) is 11.9 Å². The Labute approximate surface area is 109 Å². The minimum absolute atomic E-state index is 0.0229. The normalized spacial score (nSPS) is 12.0. The number of hydrogen-bond acceptors (Lipinski definition) is 3. The highest BCUT2D eigenvalue weighted by molar-refractivity contribution is 5.91. The molecule has 0 aromatic heterocycles. The standard InChI is InChI=1S/C14H22N2O2/c1-5-14(17)16-12-7-6-10(2)13(8-12)15-11(3)9-18-4/h6-8,11,15H,5,9H2,1-4H3,(H,16,17). The van der Waals surface area contributed by atoms with Crippen molar-refractivity contribution >= 4 is 17.3 Å². The zero-order chi connectivity index (χ0) is 13.5. The SMILES string of the molecule is CCC(=O)Nc1ccc(C)c(NC(C)COC)c1. The van der Waals surface area contributed by atoms with Crippen molar-refractivity contribution in [3.05, 3.63) is 23.8 Å². The van der Waals surface area contributed by atoms with Crippen LogP contribution in [0.4, 0.5) is 11.4 Å². The number of nitrogens with one attached hydrogen (secondary N) is 2. The molecule has 100 valence electrons. The Morgan fingerprint density at radius 3 is 2.78 bits per heavy atom. The molecule has 0 saturated carbocycles. The molecule has 0 radical (unpaired) electrons. The highest BCUT2D eigenvalue weighted by atomic mass is 16.5. The Bertz CT molecular complexity index is 405. The highest BCUT2D eigenvalue weighted by Crippen LogP contribution is 2.21. The van der Waals surface area contributed by atoms with E-state index in [0.29, 0.717) is 13.0 Å². The van der Waals surface area contributed by atoms with Crippen molar-refractivity contribution in [3.63, 3.8) is 0 Å². The molecular formula is C14H22N2O2. The molecule has 0 saturated heterocycles. The van der Waals surface area contributed by atoms with Crippen LogP contribution in [0, 0.1) is 6.92 Å². The minimum Gasteiger partial charge on any atom is -0.383 e. The van der Waals surface area contributed by atoms with Gasteiger partial charge in [-0.05, 0) is 31.5 Å². The van der Waals surface area contributed by atoms with E-state index in [1.165, 1.54) is 0 Å². The van der Waals surface area contributed by atoms with Crippen LogP contribution in [0.2, 0.25) is 0 Å². The van der Waals surface area contributed by atoms with Gasteiger partial charge in [-0.1, -0.05) is 13.0 Å². The lowest BCUT2D eigenvalue weighted by molar-refractivity contribution is -0.115. The summed E-state index contributed by atoms with van der Waals surface area (Å²) in [5, 5.41) is 6.22. The van der Waals surface area contributed by atoms with Crippen LogP contribution in [0.3, 0.4) is 0 Å². The number of amides is 1. The average Bonchev–Trinajstić information content (AvgIpc) is 2.33. The van der Waals surface area contributed by atoms with E-state index in [4.69, 9.17) is 4.74 Å². The second kappa shape index (κ2) is 7.01. The molecule has 2 N–H and O–H groups in total. The number of rotatable bonds is 6. The molecule has 0 aliphatic carbocycles. The Morgan fingerprint density at radius 2 is 2.17 bits per heavy atom. The molecule has 1 aromatic rings. The molecule has 1 rings (SSSR count). The number of carbonyl (C=O) groups is 1. The fourth-order valence-electron chi connectivity index (χ4n) is 1.66. The third kappa shape index (κ3) is 4.37. The van der Waals surface area contributed by atoms with E-state index in [2.05, 4.69) is 17.6 Å². The Balaban J connectivity index is 2.77. The minimum atomic E-state index is 0.0229. The van der Waals surface area contributed by atoms with Gasteiger partial charge in [-0.15, -0.1) is 0 Å². The van der Waals surface area contributed by atoms with Crippen LogP contribution >= 0.6 is 0 Å². The van der Waals surface area contributed by atoms with Crippen LogP contribution < -0.4 is 10.6 Å².